The molecule has 0 saturated carbocycles. The van der Waals surface area contributed by atoms with Crippen LogP contribution in [0, 0.1) is 13.8 Å². The lowest BCUT2D eigenvalue weighted by Gasteiger charge is -2.15. The fraction of sp³-hybridized carbons (Fsp3) is 0.478. The number of aliphatic hydroxyl groups excluding tert-OH is 2. The summed E-state index contributed by atoms with van der Waals surface area (Å²) in [6.45, 7) is 12.8. The summed E-state index contributed by atoms with van der Waals surface area (Å²) in [6.07, 6.45) is 2.97. The molecule has 3 aromatic heterocycles. The van der Waals surface area contributed by atoms with Gasteiger partial charge in [-0.2, -0.15) is 0 Å². The van der Waals surface area contributed by atoms with Crippen LogP contribution in [0.5, 0.6) is 0 Å². The van der Waals surface area contributed by atoms with Crippen LogP contribution in [0.4, 0.5) is 0 Å². The third-order valence-electron chi connectivity index (χ3n) is 5.09. The maximum absolute atomic E-state index is 9.55. The molecular weight excluding hydrogens is 350 g/mol. The summed E-state index contributed by atoms with van der Waals surface area (Å²) in [4.78, 5) is 9.90. The molecule has 1 unspecified atom stereocenters. The molecule has 0 aliphatic rings. The zero-order valence-electron chi connectivity index (χ0n) is 18.1. The van der Waals surface area contributed by atoms with E-state index in [0.717, 1.165) is 58.3 Å². The van der Waals surface area contributed by atoms with Crippen molar-refractivity contribution in [3.63, 3.8) is 0 Å². The van der Waals surface area contributed by atoms with Gasteiger partial charge >= 0.3 is 0 Å². The van der Waals surface area contributed by atoms with Crippen molar-refractivity contribution in [3.8, 4) is 11.3 Å². The molecule has 0 saturated heterocycles. The molecule has 3 rings (SSSR count). The van der Waals surface area contributed by atoms with Crippen molar-refractivity contribution in [1.29, 1.82) is 0 Å². The second-order valence-corrected chi connectivity index (χ2v) is 7.51. The zero-order chi connectivity index (χ0) is 21.0. The highest BCUT2D eigenvalue weighted by atomic mass is 16.3. The van der Waals surface area contributed by atoms with E-state index >= 15 is 0 Å². The van der Waals surface area contributed by atoms with E-state index in [0.29, 0.717) is 5.92 Å². The lowest BCUT2D eigenvalue weighted by atomic mass is 10.0. The number of aliphatic hydroxyl groups is 2. The Bertz CT molecular complexity index is 945. The highest BCUT2D eigenvalue weighted by Gasteiger charge is 2.17. The fourth-order valence-electron chi connectivity index (χ4n) is 3.48. The molecule has 0 fully saturated rings. The van der Waals surface area contributed by atoms with Crippen molar-refractivity contribution in [1.82, 2.24) is 14.5 Å². The Kier molecular flexibility index (Phi) is 7.33. The summed E-state index contributed by atoms with van der Waals surface area (Å²) >= 11 is 0. The molecule has 0 amide bonds. The fourth-order valence-corrected chi connectivity index (χ4v) is 3.48. The molecule has 0 aliphatic carbocycles. The average molecular weight is 384 g/mol. The second-order valence-electron chi connectivity index (χ2n) is 7.51. The summed E-state index contributed by atoms with van der Waals surface area (Å²) in [5.41, 5.74) is 8.71. The lowest BCUT2D eigenvalue weighted by Crippen LogP contribution is -2.08. The normalized spacial score (nSPS) is 12.2. The molecule has 0 spiro atoms. The standard InChI is InChI=1S/C22H29N3O.CH4O/c1-7-18-17(8-9-19(23-18)13(2)3)21-14(4)10-20-22(24-21)15(5)11-25(20)16(6)12-26;1-2/h8-11,13,16,26H,7,12H2,1-6H3;2H,1H3. The van der Waals surface area contributed by atoms with Gasteiger partial charge in [0.1, 0.15) is 0 Å². The molecule has 28 heavy (non-hydrogen) atoms. The maximum Gasteiger partial charge on any atom is 0.0917 e. The minimum Gasteiger partial charge on any atom is -0.400 e. The van der Waals surface area contributed by atoms with Gasteiger partial charge in [-0.05, 0) is 62.4 Å². The van der Waals surface area contributed by atoms with Gasteiger partial charge in [0.2, 0.25) is 0 Å². The van der Waals surface area contributed by atoms with Crippen LogP contribution < -0.4 is 0 Å². The van der Waals surface area contributed by atoms with Crippen LogP contribution >= 0.6 is 0 Å². The van der Waals surface area contributed by atoms with Gasteiger partial charge < -0.3 is 14.8 Å². The molecule has 0 bridgehead atoms. The lowest BCUT2D eigenvalue weighted by molar-refractivity contribution is 0.241. The van der Waals surface area contributed by atoms with Crippen molar-refractivity contribution < 1.29 is 10.2 Å². The summed E-state index contributed by atoms with van der Waals surface area (Å²) in [6, 6.07) is 6.52. The molecule has 1 atom stereocenters. The number of pyridine rings is 2. The van der Waals surface area contributed by atoms with Crippen molar-refractivity contribution in [3.05, 3.63) is 46.9 Å². The van der Waals surface area contributed by atoms with Gasteiger partial charge in [0.05, 0.1) is 29.4 Å². The van der Waals surface area contributed by atoms with E-state index in [-0.39, 0.29) is 12.6 Å². The smallest absolute Gasteiger partial charge is 0.0917 e. The summed E-state index contributed by atoms with van der Waals surface area (Å²) in [5, 5.41) is 16.5. The van der Waals surface area contributed by atoms with E-state index in [1.807, 2.05) is 6.92 Å². The summed E-state index contributed by atoms with van der Waals surface area (Å²) in [7, 11) is 1.00. The Morgan fingerprint density at radius 2 is 1.71 bits per heavy atom. The molecule has 5 heteroatoms. The van der Waals surface area contributed by atoms with E-state index in [2.05, 4.69) is 63.6 Å². The minimum absolute atomic E-state index is 0.0384. The van der Waals surface area contributed by atoms with Crippen LogP contribution in [-0.4, -0.2) is 38.5 Å². The van der Waals surface area contributed by atoms with Crippen LogP contribution in [0.3, 0.4) is 0 Å². The first kappa shape index (κ1) is 22.1. The molecule has 0 aliphatic heterocycles. The van der Waals surface area contributed by atoms with Gasteiger partial charge in [-0.1, -0.05) is 20.8 Å². The van der Waals surface area contributed by atoms with Crippen LogP contribution in [0.1, 0.15) is 62.2 Å². The predicted octanol–water partition coefficient (Wildman–Crippen LogP) is 4.56. The molecule has 2 N–H and O–H groups in total. The average Bonchev–Trinajstić information content (AvgIpc) is 3.03. The van der Waals surface area contributed by atoms with Gasteiger partial charge in [-0.3, -0.25) is 4.98 Å². The van der Waals surface area contributed by atoms with Gasteiger partial charge in [0.25, 0.3) is 0 Å². The number of nitrogens with zero attached hydrogens (tertiary/aromatic N) is 3. The third kappa shape index (κ3) is 4.10. The van der Waals surface area contributed by atoms with Gasteiger partial charge in [0.15, 0.2) is 0 Å². The van der Waals surface area contributed by atoms with Gasteiger partial charge in [-0.15, -0.1) is 0 Å². The molecule has 152 valence electrons. The Labute approximate surface area is 168 Å². The second kappa shape index (κ2) is 9.30. The number of rotatable bonds is 5. The van der Waals surface area contributed by atoms with E-state index in [4.69, 9.17) is 15.1 Å². The Morgan fingerprint density at radius 1 is 1.04 bits per heavy atom. The molecule has 0 radical (unpaired) electrons. The summed E-state index contributed by atoms with van der Waals surface area (Å²) in [5.74, 6) is 0.419. The van der Waals surface area contributed by atoms with Crippen LogP contribution in [-0.2, 0) is 6.42 Å². The monoisotopic (exact) mass is 383 g/mol. The quantitative estimate of drug-likeness (QED) is 0.677. The van der Waals surface area contributed by atoms with Gasteiger partial charge in [0, 0.05) is 30.3 Å². The zero-order valence-corrected chi connectivity index (χ0v) is 18.1. The molecular formula is C23H33N3O2. The molecule has 3 heterocycles. The first-order valence-corrected chi connectivity index (χ1v) is 9.91. The van der Waals surface area contributed by atoms with Crippen molar-refractivity contribution >= 4 is 11.0 Å². The van der Waals surface area contributed by atoms with Crippen LogP contribution in [0.25, 0.3) is 22.3 Å². The van der Waals surface area contributed by atoms with E-state index < -0.39 is 0 Å². The first-order valence-electron chi connectivity index (χ1n) is 9.91. The highest BCUT2D eigenvalue weighted by Crippen LogP contribution is 2.31. The SMILES string of the molecule is CCc1nc(C(C)C)ccc1-c1nc2c(C)cn(C(C)CO)c2cc1C.CO. The van der Waals surface area contributed by atoms with Crippen molar-refractivity contribution in [2.75, 3.05) is 13.7 Å². The van der Waals surface area contributed by atoms with Gasteiger partial charge in [-0.25, -0.2) is 4.98 Å². The Hall–Kier alpha value is -2.24. The van der Waals surface area contributed by atoms with Crippen molar-refractivity contribution in [2.24, 2.45) is 0 Å². The number of aryl methyl sites for hydroxylation is 3. The number of hydrogen-bond acceptors (Lipinski definition) is 4. The molecule has 3 aromatic rings. The number of aromatic nitrogens is 3. The Morgan fingerprint density at radius 3 is 2.29 bits per heavy atom. The van der Waals surface area contributed by atoms with E-state index in [9.17, 15) is 5.11 Å². The van der Waals surface area contributed by atoms with Crippen LogP contribution in [0.2, 0.25) is 0 Å². The third-order valence-corrected chi connectivity index (χ3v) is 5.09. The topological polar surface area (TPSA) is 71.2 Å². The minimum atomic E-state index is 0.0384. The molecule has 0 aromatic carbocycles. The van der Waals surface area contributed by atoms with Crippen LogP contribution in [0.15, 0.2) is 24.4 Å². The van der Waals surface area contributed by atoms with E-state index in [1.54, 1.807) is 0 Å². The summed E-state index contributed by atoms with van der Waals surface area (Å²) < 4.78 is 2.12. The number of fused-ring (bicyclic) bond motifs is 1. The predicted molar refractivity (Wildman–Crippen MR) is 116 cm³/mol. The molecule has 5 nitrogen and oxygen atoms in total. The largest absolute Gasteiger partial charge is 0.400 e. The Balaban J connectivity index is 0.00000136. The first-order chi connectivity index (χ1) is 13.4. The van der Waals surface area contributed by atoms with Crippen molar-refractivity contribution in [2.45, 2.75) is 59.9 Å². The maximum atomic E-state index is 9.55. The van der Waals surface area contributed by atoms with E-state index in [1.165, 1.54) is 0 Å². The number of hydrogen-bond donors (Lipinski definition) is 2. The highest BCUT2D eigenvalue weighted by molar-refractivity contribution is 5.84.